The second-order valence-electron chi connectivity index (χ2n) is 7.07. The zero-order valence-electron chi connectivity index (χ0n) is 16.4. The minimum atomic E-state index is -4.66. The van der Waals surface area contributed by atoms with E-state index in [1.165, 1.54) is 34.3 Å². The summed E-state index contributed by atoms with van der Waals surface area (Å²) >= 11 is 6.86. The standard InChI is InChI=1S/C20H19ClF3N3O3S/c1-26(11-17(28)25-12-6-7-14(21)13(10-12)20(22,23)24)18(29)15-4-2-8-27(15)19(30)16-5-3-9-31-16/h3,5-7,9-10,15H,2,4,8,11H2,1H3,(H,25,28)/t15-/m0/s1. The lowest BCUT2D eigenvalue weighted by Gasteiger charge is -2.27. The molecule has 0 radical (unpaired) electrons. The molecule has 3 amide bonds. The summed E-state index contributed by atoms with van der Waals surface area (Å²) in [7, 11) is 1.41. The molecule has 0 aliphatic carbocycles. The first kappa shape index (κ1) is 23.1. The number of rotatable bonds is 5. The number of halogens is 4. The molecule has 6 nitrogen and oxygen atoms in total. The highest BCUT2D eigenvalue weighted by Crippen LogP contribution is 2.36. The maximum atomic E-state index is 13.0. The number of nitrogens with one attached hydrogen (secondary N) is 1. The lowest BCUT2D eigenvalue weighted by atomic mass is 10.2. The first-order valence-corrected chi connectivity index (χ1v) is 10.6. The van der Waals surface area contributed by atoms with Gasteiger partial charge < -0.3 is 15.1 Å². The number of thiophene rings is 1. The summed E-state index contributed by atoms with van der Waals surface area (Å²) in [6.45, 7) is 0.0680. The smallest absolute Gasteiger partial charge is 0.335 e. The van der Waals surface area contributed by atoms with Gasteiger partial charge in [0.05, 0.1) is 22.0 Å². The van der Waals surface area contributed by atoms with Gasteiger partial charge in [-0.15, -0.1) is 11.3 Å². The van der Waals surface area contributed by atoms with Crippen LogP contribution in [0.4, 0.5) is 18.9 Å². The van der Waals surface area contributed by atoms with Gasteiger partial charge in [-0.05, 0) is 42.5 Å². The average molecular weight is 474 g/mol. The molecule has 166 valence electrons. The summed E-state index contributed by atoms with van der Waals surface area (Å²) < 4.78 is 38.9. The molecule has 1 saturated heterocycles. The van der Waals surface area contributed by atoms with Gasteiger partial charge in [0.15, 0.2) is 0 Å². The van der Waals surface area contributed by atoms with Crippen molar-refractivity contribution in [2.45, 2.75) is 25.1 Å². The first-order chi connectivity index (χ1) is 14.6. The summed E-state index contributed by atoms with van der Waals surface area (Å²) in [4.78, 5) is 41.0. The predicted molar refractivity (Wildman–Crippen MR) is 111 cm³/mol. The van der Waals surface area contributed by atoms with Gasteiger partial charge in [-0.2, -0.15) is 13.2 Å². The van der Waals surface area contributed by atoms with E-state index in [0.717, 1.165) is 12.1 Å². The molecule has 2 aromatic rings. The third-order valence-electron chi connectivity index (χ3n) is 4.84. The van der Waals surface area contributed by atoms with E-state index in [-0.39, 0.29) is 18.1 Å². The van der Waals surface area contributed by atoms with E-state index in [2.05, 4.69) is 5.32 Å². The van der Waals surface area contributed by atoms with Gasteiger partial charge in [0, 0.05) is 19.3 Å². The van der Waals surface area contributed by atoms with E-state index in [0.29, 0.717) is 24.3 Å². The highest BCUT2D eigenvalue weighted by molar-refractivity contribution is 7.12. The highest BCUT2D eigenvalue weighted by atomic mass is 35.5. The Morgan fingerprint density at radius 2 is 2.03 bits per heavy atom. The zero-order chi connectivity index (χ0) is 22.8. The second kappa shape index (κ2) is 9.27. The third-order valence-corrected chi connectivity index (χ3v) is 6.03. The van der Waals surface area contributed by atoms with E-state index in [9.17, 15) is 27.6 Å². The van der Waals surface area contributed by atoms with E-state index in [4.69, 9.17) is 11.6 Å². The quantitative estimate of drug-likeness (QED) is 0.710. The maximum Gasteiger partial charge on any atom is 0.417 e. The number of carbonyl (C=O) groups excluding carboxylic acids is 3. The molecular weight excluding hydrogens is 455 g/mol. The van der Waals surface area contributed by atoms with Gasteiger partial charge in [0.2, 0.25) is 11.8 Å². The van der Waals surface area contributed by atoms with Crippen LogP contribution >= 0.6 is 22.9 Å². The lowest BCUT2D eigenvalue weighted by Crippen LogP contribution is -2.48. The lowest BCUT2D eigenvalue weighted by molar-refractivity contribution is -0.137. The van der Waals surface area contributed by atoms with E-state index in [1.54, 1.807) is 17.5 Å². The molecule has 11 heteroatoms. The van der Waals surface area contributed by atoms with E-state index >= 15 is 0 Å². The number of nitrogens with zero attached hydrogens (tertiary/aromatic N) is 2. The Hall–Kier alpha value is -2.59. The van der Waals surface area contributed by atoms with Crippen LogP contribution in [0.15, 0.2) is 35.7 Å². The van der Waals surface area contributed by atoms with E-state index < -0.39 is 34.6 Å². The Balaban J connectivity index is 1.63. The Bertz CT molecular complexity index is 982. The van der Waals surface area contributed by atoms with Crippen LogP contribution in [-0.2, 0) is 15.8 Å². The molecule has 31 heavy (non-hydrogen) atoms. The van der Waals surface area contributed by atoms with Crippen molar-refractivity contribution in [2.75, 3.05) is 25.5 Å². The summed E-state index contributed by atoms with van der Waals surface area (Å²) in [6, 6.07) is 5.78. The summed E-state index contributed by atoms with van der Waals surface area (Å²) in [6.07, 6.45) is -3.52. The SMILES string of the molecule is CN(CC(=O)Nc1ccc(Cl)c(C(F)(F)F)c1)C(=O)[C@@H]1CCCN1C(=O)c1cccs1. The molecule has 0 saturated carbocycles. The number of likely N-dealkylation sites (N-methyl/N-ethyl adjacent to an activating group) is 1. The van der Waals surface area contributed by atoms with Crippen molar-refractivity contribution in [2.24, 2.45) is 0 Å². The van der Waals surface area contributed by atoms with Crippen molar-refractivity contribution in [3.63, 3.8) is 0 Å². The number of hydrogen-bond acceptors (Lipinski definition) is 4. The molecule has 1 aromatic carbocycles. The maximum absolute atomic E-state index is 13.0. The fraction of sp³-hybridized carbons (Fsp3) is 0.350. The molecule has 1 N–H and O–H groups in total. The molecule has 2 heterocycles. The number of amides is 3. The van der Waals surface area contributed by atoms with Gasteiger partial charge >= 0.3 is 6.18 Å². The number of hydrogen-bond donors (Lipinski definition) is 1. The van der Waals surface area contributed by atoms with Crippen molar-refractivity contribution in [3.8, 4) is 0 Å². The minimum absolute atomic E-state index is 0.0852. The summed E-state index contributed by atoms with van der Waals surface area (Å²) in [5.74, 6) is -1.30. The molecule has 0 spiro atoms. The van der Waals surface area contributed by atoms with Crippen LogP contribution in [0.1, 0.15) is 28.1 Å². The van der Waals surface area contributed by atoms with Crippen molar-refractivity contribution < 1.29 is 27.6 Å². The van der Waals surface area contributed by atoms with Crippen LogP contribution < -0.4 is 5.32 Å². The van der Waals surface area contributed by atoms with Crippen molar-refractivity contribution in [1.29, 1.82) is 0 Å². The van der Waals surface area contributed by atoms with Gasteiger partial charge in [-0.3, -0.25) is 14.4 Å². The van der Waals surface area contributed by atoms with Crippen molar-refractivity contribution in [1.82, 2.24) is 9.80 Å². The van der Waals surface area contributed by atoms with Crippen LogP contribution in [0, 0.1) is 0 Å². The first-order valence-electron chi connectivity index (χ1n) is 9.34. The largest absolute Gasteiger partial charge is 0.417 e. The fourth-order valence-electron chi connectivity index (χ4n) is 3.38. The van der Waals surface area contributed by atoms with Crippen LogP contribution in [0.5, 0.6) is 0 Å². The zero-order valence-corrected chi connectivity index (χ0v) is 18.0. The monoisotopic (exact) mass is 473 g/mol. The summed E-state index contributed by atoms with van der Waals surface area (Å²) in [5.41, 5.74) is -1.15. The molecule has 1 atom stereocenters. The molecule has 3 rings (SSSR count). The van der Waals surface area contributed by atoms with Gasteiger partial charge in [0.25, 0.3) is 5.91 Å². The van der Waals surface area contributed by atoms with Crippen LogP contribution in [-0.4, -0.2) is 53.7 Å². The molecule has 1 aromatic heterocycles. The topological polar surface area (TPSA) is 69.7 Å². The summed E-state index contributed by atoms with van der Waals surface area (Å²) in [5, 5.41) is 3.64. The molecular formula is C20H19ClF3N3O3S. The number of alkyl halides is 3. The predicted octanol–water partition coefficient (Wildman–Crippen LogP) is 4.12. The Kier molecular flexibility index (Phi) is 6.90. The van der Waals surface area contributed by atoms with Crippen LogP contribution in [0.25, 0.3) is 0 Å². The molecule has 0 bridgehead atoms. The van der Waals surface area contributed by atoms with Crippen molar-refractivity contribution >= 4 is 46.3 Å². The minimum Gasteiger partial charge on any atom is -0.335 e. The Morgan fingerprint density at radius 1 is 1.29 bits per heavy atom. The Morgan fingerprint density at radius 3 is 2.68 bits per heavy atom. The highest BCUT2D eigenvalue weighted by Gasteiger charge is 2.37. The molecule has 1 aliphatic heterocycles. The average Bonchev–Trinajstić information content (AvgIpc) is 3.39. The molecule has 0 unspecified atom stereocenters. The third kappa shape index (κ3) is 5.37. The number of anilines is 1. The van der Waals surface area contributed by atoms with Crippen molar-refractivity contribution in [3.05, 3.63) is 51.2 Å². The Labute approximate surface area is 185 Å². The second-order valence-corrected chi connectivity index (χ2v) is 8.42. The number of benzene rings is 1. The molecule has 1 aliphatic rings. The van der Waals surface area contributed by atoms with Crippen LogP contribution in [0.3, 0.4) is 0 Å². The van der Waals surface area contributed by atoms with Gasteiger partial charge in [0.1, 0.15) is 6.04 Å². The van der Waals surface area contributed by atoms with Crippen LogP contribution in [0.2, 0.25) is 5.02 Å². The fourth-order valence-corrected chi connectivity index (χ4v) is 4.28. The van der Waals surface area contributed by atoms with Gasteiger partial charge in [-0.1, -0.05) is 17.7 Å². The van der Waals surface area contributed by atoms with E-state index in [1.807, 2.05) is 0 Å². The normalized spacial score (nSPS) is 16.3. The number of likely N-dealkylation sites (tertiary alicyclic amines) is 1. The number of carbonyl (C=O) groups is 3. The van der Waals surface area contributed by atoms with Gasteiger partial charge in [-0.25, -0.2) is 0 Å². The molecule has 1 fully saturated rings.